The minimum absolute atomic E-state index is 0.00154. The number of hydrogen-bond donors (Lipinski definition) is 2. The minimum atomic E-state index is -1.24. The van der Waals surface area contributed by atoms with E-state index in [1.165, 1.54) is 0 Å². The maximum atomic E-state index is 12.8. The molecule has 0 aromatic heterocycles. The number of fused-ring (bicyclic) bond motifs is 3. The first-order valence-corrected chi connectivity index (χ1v) is 19.4. The van der Waals surface area contributed by atoms with Crippen molar-refractivity contribution in [2.45, 2.75) is 18.8 Å². The van der Waals surface area contributed by atoms with Gasteiger partial charge in [0, 0.05) is 22.7 Å². The smallest absolute Gasteiger partial charge is 0.339 e. The van der Waals surface area contributed by atoms with Crippen molar-refractivity contribution < 1.29 is 58.0 Å². The Kier molecular flexibility index (Phi) is 16.1. The summed E-state index contributed by atoms with van der Waals surface area (Å²) in [5.74, 6) is -2.26. The molecule has 0 aliphatic heterocycles. The highest BCUT2D eigenvalue weighted by atomic mass is 79.9. The predicted octanol–water partition coefficient (Wildman–Crippen LogP) is 7.78. The summed E-state index contributed by atoms with van der Waals surface area (Å²) in [7, 11) is 1.60. The third-order valence-electron chi connectivity index (χ3n) is 8.82. The molecule has 14 heteroatoms. The summed E-state index contributed by atoms with van der Waals surface area (Å²) >= 11 is 7.29. The maximum absolute atomic E-state index is 12.8. The third kappa shape index (κ3) is 10.3. The molecule has 0 bridgehead atoms. The van der Waals surface area contributed by atoms with Crippen LogP contribution >= 0.6 is 31.9 Å². The fourth-order valence-corrected chi connectivity index (χ4v) is 7.18. The lowest BCUT2D eigenvalue weighted by Crippen LogP contribution is -2.29. The molecule has 0 saturated heterocycles. The average molecular weight is 889 g/mol. The molecule has 0 unspecified atom stereocenters. The van der Waals surface area contributed by atoms with Crippen LogP contribution in [-0.4, -0.2) is 102 Å². The van der Waals surface area contributed by atoms with E-state index in [1.807, 2.05) is 49.4 Å². The molecular formula is C41H44Br2O12. The number of carbonyl (C=O) groups is 2. The molecule has 5 rings (SSSR count). The van der Waals surface area contributed by atoms with Crippen LogP contribution in [-0.2, 0) is 34.0 Å². The van der Waals surface area contributed by atoms with Crippen molar-refractivity contribution >= 4 is 43.8 Å². The third-order valence-corrected chi connectivity index (χ3v) is 9.80. The number of carboxylic acids is 2. The first-order chi connectivity index (χ1) is 26.7. The second kappa shape index (κ2) is 20.9. The number of ether oxygens (including phenoxy) is 6. The molecule has 1 aliphatic carbocycles. The van der Waals surface area contributed by atoms with E-state index in [1.54, 1.807) is 37.4 Å². The average Bonchev–Trinajstić information content (AvgIpc) is 3.45. The van der Waals surface area contributed by atoms with Crippen molar-refractivity contribution in [3.05, 3.63) is 115 Å². The topological polar surface area (TPSA) is 148 Å². The first kappa shape index (κ1) is 42.3. The molecule has 4 aromatic carbocycles. The van der Waals surface area contributed by atoms with Crippen molar-refractivity contribution in [1.29, 1.82) is 0 Å². The maximum Gasteiger partial charge on any atom is 0.339 e. The van der Waals surface area contributed by atoms with Crippen LogP contribution in [0.2, 0.25) is 0 Å². The number of hydrogen-bond acceptors (Lipinski definition) is 10. The van der Waals surface area contributed by atoms with Gasteiger partial charge in [0.1, 0.15) is 30.1 Å². The molecule has 0 amide bonds. The van der Waals surface area contributed by atoms with Gasteiger partial charge in [0.25, 0.3) is 0 Å². The lowest BCUT2D eigenvalue weighted by molar-refractivity contribution is -0.215. The van der Waals surface area contributed by atoms with E-state index < -0.39 is 17.4 Å². The zero-order chi connectivity index (χ0) is 39.2. The van der Waals surface area contributed by atoms with Crippen LogP contribution < -0.4 is 9.62 Å². The molecule has 0 heterocycles. The molecule has 0 fully saturated rings. The van der Waals surface area contributed by atoms with Gasteiger partial charge in [-0.2, -0.15) is 4.89 Å². The largest absolute Gasteiger partial charge is 0.490 e. The van der Waals surface area contributed by atoms with Crippen LogP contribution in [0.3, 0.4) is 0 Å². The fourth-order valence-electron chi connectivity index (χ4n) is 6.46. The molecule has 4 aromatic rings. The van der Waals surface area contributed by atoms with E-state index in [-0.39, 0.29) is 49.1 Å². The van der Waals surface area contributed by atoms with Gasteiger partial charge in [-0.15, -0.1) is 0 Å². The highest BCUT2D eigenvalue weighted by Gasteiger charge is 2.47. The van der Waals surface area contributed by atoms with E-state index in [0.29, 0.717) is 57.4 Å². The van der Waals surface area contributed by atoms with Crippen LogP contribution in [0, 0.1) is 0 Å². The number of halogens is 2. The fraction of sp³-hybridized carbons (Fsp3) is 0.366. The van der Waals surface area contributed by atoms with Crippen molar-refractivity contribution in [1.82, 2.24) is 0 Å². The number of rotatable bonds is 24. The Balaban J connectivity index is 1.50. The highest BCUT2D eigenvalue weighted by molar-refractivity contribution is 9.10. The van der Waals surface area contributed by atoms with Crippen molar-refractivity contribution in [3.8, 4) is 22.6 Å². The molecular weight excluding hydrogens is 844 g/mol. The summed E-state index contributed by atoms with van der Waals surface area (Å²) in [6, 6.07) is 21.7. The van der Waals surface area contributed by atoms with Crippen LogP contribution in [0.4, 0.5) is 0 Å². The molecule has 0 spiro atoms. The minimum Gasteiger partial charge on any atom is -0.490 e. The number of methoxy groups -OCH3 is 1. The lowest BCUT2D eigenvalue weighted by atomic mass is 9.67. The van der Waals surface area contributed by atoms with Crippen LogP contribution in [0.5, 0.6) is 11.5 Å². The summed E-state index contributed by atoms with van der Waals surface area (Å²) in [6.07, 6.45) is 0.922. The summed E-state index contributed by atoms with van der Waals surface area (Å²) in [5.41, 5.74) is 3.22. The molecule has 1 aliphatic rings. The zero-order valence-electron chi connectivity index (χ0n) is 30.6. The second-order valence-electron chi connectivity index (χ2n) is 12.4. The van der Waals surface area contributed by atoms with Gasteiger partial charge in [-0.25, -0.2) is 9.59 Å². The molecule has 0 saturated carbocycles. The number of aromatic carboxylic acids is 2. The molecule has 0 radical (unpaired) electrons. The van der Waals surface area contributed by atoms with Gasteiger partial charge in [-0.3, -0.25) is 0 Å². The summed E-state index contributed by atoms with van der Waals surface area (Å²) < 4.78 is 34.3. The Hall–Kier alpha value is -3.86. The van der Waals surface area contributed by atoms with E-state index in [0.717, 1.165) is 37.6 Å². The predicted molar refractivity (Wildman–Crippen MR) is 211 cm³/mol. The normalized spacial score (nSPS) is 12.7. The van der Waals surface area contributed by atoms with Crippen molar-refractivity contribution in [3.63, 3.8) is 0 Å². The van der Waals surface area contributed by atoms with E-state index >= 15 is 0 Å². The van der Waals surface area contributed by atoms with Gasteiger partial charge in [0.2, 0.25) is 0 Å². The van der Waals surface area contributed by atoms with Gasteiger partial charge >= 0.3 is 11.9 Å². The lowest BCUT2D eigenvalue weighted by Gasteiger charge is -2.34. The van der Waals surface area contributed by atoms with Gasteiger partial charge in [-0.1, -0.05) is 63.0 Å². The van der Waals surface area contributed by atoms with Gasteiger partial charge in [-0.05, 0) is 88.3 Å². The standard InChI is InChI=1S/C41H44Br2O12/c1-3-12-49-15-16-52-20-22-54-55-38-11-5-28(24-34(38)40(46)47)41(35-25-29(42)6-8-31(35)32-9-7-30(43)26-36(32)41)27-4-10-37(33(23-27)39(44)45)53-21-19-51-18-17-50-14-13-48-2/h4-11,23-26H,3,12-22H2,1-2H3,(H,44,45)(H,46,47). The van der Waals surface area contributed by atoms with Crippen LogP contribution in [0.1, 0.15) is 56.3 Å². The van der Waals surface area contributed by atoms with E-state index in [9.17, 15) is 19.8 Å². The Morgan fingerprint density at radius 3 is 1.58 bits per heavy atom. The van der Waals surface area contributed by atoms with Gasteiger partial charge in [0.05, 0.1) is 58.3 Å². The molecule has 294 valence electrons. The van der Waals surface area contributed by atoms with Crippen LogP contribution in [0.15, 0.2) is 81.7 Å². The van der Waals surface area contributed by atoms with Crippen LogP contribution in [0.25, 0.3) is 11.1 Å². The summed E-state index contributed by atoms with van der Waals surface area (Å²) in [5, 5.41) is 20.9. The quantitative estimate of drug-likeness (QED) is 0.0354. The van der Waals surface area contributed by atoms with Gasteiger partial charge in [0.15, 0.2) is 5.75 Å². The van der Waals surface area contributed by atoms with Crippen molar-refractivity contribution in [2.75, 3.05) is 79.8 Å². The Morgan fingerprint density at radius 2 is 1.05 bits per heavy atom. The van der Waals surface area contributed by atoms with Gasteiger partial charge < -0.3 is 43.5 Å². The van der Waals surface area contributed by atoms with Crippen molar-refractivity contribution in [2.24, 2.45) is 0 Å². The SMILES string of the molecule is CCCOCCOCCOOc1ccc(C2(c3ccc(OCCOCCOCCOC)c(C(=O)O)c3)c3cc(Br)ccc3-c3ccc(Br)cc32)cc1C(=O)O. The Morgan fingerprint density at radius 1 is 0.582 bits per heavy atom. The number of carboxylic acid groups (broad SMARTS) is 2. The Bertz CT molecular complexity index is 1780. The first-order valence-electron chi connectivity index (χ1n) is 17.8. The summed E-state index contributed by atoms with van der Waals surface area (Å²) in [4.78, 5) is 36.5. The highest BCUT2D eigenvalue weighted by Crippen LogP contribution is 2.57. The van der Waals surface area contributed by atoms with E-state index in [2.05, 4.69) is 31.9 Å². The zero-order valence-corrected chi connectivity index (χ0v) is 33.8. The van der Waals surface area contributed by atoms with E-state index in [4.69, 9.17) is 38.2 Å². The molecule has 55 heavy (non-hydrogen) atoms. The monoisotopic (exact) mass is 886 g/mol. The summed E-state index contributed by atoms with van der Waals surface area (Å²) in [6.45, 7) is 5.86. The molecule has 0 atom stereocenters. The second-order valence-corrected chi connectivity index (χ2v) is 14.2. The molecule has 12 nitrogen and oxygen atoms in total. The number of benzene rings is 4. The Labute approximate surface area is 336 Å². The molecule has 2 N–H and O–H groups in total.